The van der Waals surface area contributed by atoms with Crippen molar-refractivity contribution in [2.45, 2.75) is 19.4 Å². The fourth-order valence-electron chi connectivity index (χ4n) is 3.14. The van der Waals surface area contributed by atoms with Crippen LogP contribution in [0.4, 0.5) is 4.79 Å². The molecule has 6 nitrogen and oxygen atoms in total. The SMILES string of the molecule is NC(=O)NC[C@@H]1CCCN(Cc2ccc(-n3cccn3)cc2)C1. The number of carbonyl (C=O) groups is 1. The van der Waals surface area contributed by atoms with Crippen molar-refractivity contribution in [3.63, 3.8) is 0 Å². The third-order valence-corrected chi connectivity index (χ3v) is 4.28. The van der Waals surface area contributed by atoms with Gasteiger partial charge in [0.15, 0.2) is 0 Å². The van der Waals surface area contributed by atoms with Crippen LogP contribution in [0.15, 0.2) is 42.7 Å². The number of hydrogen-bond donors (Lipinski definition) is 2. The zero-order chi connectivity index (χ0) is 16.1. The van der Waals surface area contributed by atoms with E-state index >= 15 is 0 Å². The Bertz CT molecular complexity index is 623. The third kappa shape index (κ3) is 4.32. The number of likely N-dealkylation sites (tertiary alicyclic amines) is 1. The number of carbonyl (C=O) groups excluding carboxylic acids is 1. The van der Waals surface area contributed by atoms with Gasteiger partial charge >= 0.3 is 6.03 Å². The molecule has 0 spiro atoms. The normalized spacial score (nSPS) is 18.7. The molecule has 0 aliphatic carbocycles. The van der Waals surface area contributed by atoms with E-state index in [1.54, 1.807) is 6.20 Å². The van der Waals surface area contributed by atoms with Crippen LogP contribution in [-0.4, -0.2) is 40.3 Å². The van der Waals surface area contributed by atoms with E-state index in [0.717, 1.165) is 38.2 Å². The van der Waals surface area contributed by atoms with Gasteiger partial charge < -0.3 is 11.1 Å². The summed E-state index contributed by atoms with van der Waals surface area (Å²) in [6.45, 7) is 3.71. The summed E-state index contributed by atoms with van der Waals surface area (Å²) in [5.41, 5.74) is 7.52. The minimum Gasteiger partial charge on any atom is -0.352 e. The number of nitrogens with two attached hydrogens (primary N) is 1. The van der Waals surface area contributed by atoms with Crippen molar-refractivity contribution in [3.05, 3.63) is 48.3 Å². The Hall–Kier alpha value is -2.34. The van der Waals surface area contributed by atoms with E-state index in [1.807, 2.05) is 16.9 Å². The van der Waals surface area contributed by atoms with Crippen LogP contribution < -0.4 is 11.1 Å². The van der Waals surface area contributed by atoms with Gasteiger partial charge in [0.25, 0.3) is 0 Å². The first-order chi connectivity index (χ1) is 11.2. The molecule has 2 amide bonds. The Kier molecular flexibility index (Phi) is 4.92. The predicted molar refractivity (Wildman–Crippen MR) is 89.2 cm³/mol. The number of nitrogens with zero attached hydrogens (tertiary/aromatic N) is 3. The lowest BCUT2D eigenvalue weighted by atomic mass is 9.97. The van der Waals surface area contributed by atoms with Crippen LogP contribution in [0.25, 0.3) is 5.69 Å². The number of nitrogens with one attached hydrogen (secondary N) is 1. The average Bonchev–Trinajstić information content (AvgIpc) is 3.08. The molecule has 1 atom stereocenters. The second kappa shape index (κ2) is 7.28. The van der Waals surface area contributed by atoms with Crippen molar-refractivity contribution in [2.75, 3.05) is 19.6 Å². The Morgan fingerprint density at radius 2 is 2.17 bits per heavy atom. The van der Waals surface area contributed by atoms with Crippen molar-refractivity contribution >= 4 is 6.03 Å². The molecule has 3 N–H and O–H groups in total. The summed E-state index contributed by atoms with van der Waals surface area (Å²) in [5, 5.41) is 6.96. The molecular formula is C17H23N5O. The summed E-state index contributed by atoms with van der Waals surface area (Å²) in [6, 6.07) is 9.99. The molecular weight excluding hydrogens is 290 g/mol. The molecule has 0 unspecified atom stereocenters. The zero-order valence-electron chi connectivity index (χ0n) is 13.2. The van der Waals surface area contributed by atoms with E-state index in [2.05, 4.69) is 39.6 Å². The van der Waals surface area contributed by atoms with E-state index in [-0.39, 0.29) is 0 Å². The highest BCUT2D eigenvalue weighted by molar-refractivity contribution is 5.71. The highest BCUT2D eigenvalue weighted by Crippen LogP contribution is 2.18. The second-order valence-electron chi connectivity index (χ2n) is 6.11. The monoisotopic (exact) mass is 313 g/mol. The molecule has 0 radical (unpaired) electrons. The van der Waals surface area contributed by atoms with Gasteiger partial charge in [-0.25, -0.2) is 9.48 Å². The molecule has 0 saturated carbocycles. The van der Waals surface area contributed by atoms with E-state index in [4.69, 9.17) is 5.73 Å². The van der Waals surface area contributed by atoms with Crippen LogP contribution in [0, 0.1) is 5.92 Å². The fraction of sp³-hybridized carbons (Fsp3) is 0.412. The summed E-state index contributed by atoms with van der Waals surface area (Å²) < 4.78 is 1.86. The third-order valence-electron chi connectivity index (χ3n) is 4.28. The molecule has 2 aromatic rings. The largest absolute Gasteiger partial charge is 0.352 e. The van der Waals surface area contributed by atoms with Crippen LogP contribution >= 0.6 is 0 Å². The molecule has 122 valence electrons. The Morgan fingerprint density at radius 3 is 2.87 bits per heavy atom. The Balaban J connectivity index is 1.55. The smallest absolute Gasteiger partial charge is 0.312 e. The maximum atomic E-state index is 10.8. The maximum absolute atomic E-state index is 10.8. The highest BCUT2D eigenvalue weighted by Gasteiger charge is 2.20. The molecule has 0 bridgehead atoms. The molecule has 1 aromatic heterocycles. The van der Waals surface area contributed by atoms with Gasteiger partial charge in [-0.1, -0.05) is 12.1 Å². The minimum atomic E-state index is -0.434. The first kappa shape index (κ1) is 15.6. The molecule has 2 heterocycles. The number of piperidine rings is 1. The minimum absolute atomic E-state index is 0.434. The highest BCUT2D eigenvalue weighted by atomic mass is 16.2. The number of hydrogen-bond acceptors (Lipinski definition) is 3. The van der Waals surface area contributed by atoms with Crippen molar-refractivity contribution in [2.24, 2.45) is 11.7 Å². The van der Waals surface area contributed by atoms with Crippen molar-refractivity contribution in [3.8, 4) is 5.69 Å². The lowest BCUT2D eigenvalue weighted by Crippen LogP contribution is -2.41. The van der Waals surface area contributed by atoms with Gasteiger partial charge in [0.2, 0.25) is 0 Å². The topological polar surface area (TPSA) is 76.2 Å². The summed E-state index contributed by atoms with van der Waals surface area (Å²) in [6.07, 6.45) is 6.03. The van der Waals surface area contributed by atoms with Crippen LogP contribution in [0.3, 0.4) is 0 Å². The van der Waals surface area contributed by atoms with Gasteiger partial charge in [0.05, 0.1) is 5.69 Å². The van der Waals surface area contributed by atoms with Crippen LogP contribution in [0.5, 0.6) is 0 Å². The average molecular weight is 313 g/mol. The number of urea groups is 1. The van der Waals surface area contributed by atoms with Gasteiger partial charge in [-0.2, -0.15) is 5.10 Å². The predicted octanol–water partition coefficient (Wildman–Crippen LogP) is 1.75. The van der Waals surface area contributed by atoms with Crippen molar-refractivity contribution < 1.29 is 4.79 Å². The van der Waals surface area contributed by atoms with Crippen LogP contribution in [0.2, 0.25) is 0 Å². The maximum Gasteiger partial charge on any atom is 0.312 e. The molecule has 1 aliphatic heterocycles. The number of rotatable bonds is 5. The number of aromatic nitrogens is 2. The zero-order valence-corrected chi connectivity index (χ0v) is 13.2. The lowest BCUT2D eigenvalue weighted by Gasteiger charge is -2.32. The summed E-state index contributed by atoms with van der Waals surface area (Å²) in [5.74, 6) is 0.486. The molecule has 1 fully saturated rings. The van der Waals surface area contributed by atoms with E-state index in [9.17, 15) is 4.79 Å². The standard InChI is InChI=1S/C17H23N5O/c18-17(23)19-11-15-3-1-9-21(13-15)12-14-4-6-16(7-5-14)22-10-2-8-20-22/h2,4-8,10,15H,1,3,9,11-13H2,(H3,18,19,23)/t15-/m0/s1. The van der Waals surface area contributed by atoms with E-state index < -0.39 is 6.03 Å². The first-order valence-corrected chi connectivity index (χ1v) is 8.05. The fourth-order valence-corrected chi connectivity index (χ4v) is 3.14. The summed E-state index contributed by atoms with van der Waals surface area (Å²) >= 11 is 0. The quantitative estimate of drug-likeness (QED) is 0.883. The van der Waals surface area contributed by atoms with Crippen LogP contribution in [0.1, 0.15) is 18.4 Å². The number of benzene rings is 1. The Labute approximate surface area is 136 Å². The van der Waals surface area contributed by atoms with Gasteiger partial charge in [-0.05, 0) is 49.1 Å². The van der Waals surface area contributed by atoms with Crippen LogP contribution in [-0.2, 0) is 6.54 Å². The van der Waals surface area contributed by atoms with Gasteiger partial charge in [-0.3, -0.25) is 4.90 Å². The lowest BCUT2D eigenvalue weighted by molar-refractivity contribution is 0.165. The van der Waals surface area contributed by atoms with Gasteiger partial charge in [-0.15, -0.1) is 0 Å². The summed E-state index contributed by atoms with van der Waals surface area (Å²) in [4.78, 5) is 13.3. The molecule has 1 aliphatic rings. The summed E-state index contributed by atoms with van der Waals surface area (Å²) in [7, 11) is 0. The van der Waals surface area contributed by atoms with Gasteiger partial charge in [0, 0.05) is 32.0 Å². The molecule has 6 heteroatoms. The van der Waals surface area contributed by atoms with Gasteiger partial charge in [0.1, 0.15) is 0 Å². The molecule has 23 heavy (non-hydrogen) atoms. The molecule has 3 rings (SSSR count). The van der Waals surface area contributed by atoms with E-state index in [1.165, 1.54) is 5.56 Å². The van der Waals surface area contributed by atoms with Crippen molar-refractivity contribution in [1.29, 1.82) is 0 Å². The van der Waals surface area contributed by atoms with E-state index in [0.29, 0.717) is 12.5 Å². The second-order valence-corrected chi connectivity index (χ2v) is 6.11. The Morgan fingerprint density at radius 1 is 1.35 bits per heavy atom. The molecule has 1 saturated heterocycles. The number of primary amides is 1. The van der Waals surface area contributed by atoms with Crippen molar-refractivity contribution in [1.82, 2.24) is 20.0 Å². The number of amides is 2. The molecule has 1 aromatic carbocycles. The first-order valence-electron chi connectivity index (χ1n) is 8.05.